The first-order chi connectivity index (χ1) is 10.2. The molecule has 0 amide bonds. The first-order valence-corrected chi connectivity index (χ1v) is 7.61. The molecule has 3 nitrogen and oxygen atoms in total. The maximum atomic E-state index is 10.9. The van der Waals surface area contributed by atoms with Crippen molar-refractivity contribution in [1.29, 1.82) is 0 Å². The van der Waals surface area contributed by atoms with Gasteiger partial charge in [0.25, 0.3) is 0 Å². The molecule has 0 aliphatic rings. The minimum atomic E-state index is -0.283. The largest absolute Gasteiger partial charge is 0.427 e. The third kappa shape index (κ3) is 7.53. The van der Waals surface area contributed by atoms with E-state index in [1.54, 1.807) is 6.07 Å². The molecule has 0 N–H and O–H groups in total. The van der Waals surface area contributed by atoms with Crippen LogP contribution in [0.25, 0.3) is 0 Å². The highest BCUT2D eigenvalue weighted by atomic mass is 16.5. The summed E-state index contributed by atoms with van der Waals surface area (Å²) in [5, 5.41) is 0. The number of benzene rings is 1. The number of ether oxygens (including phenoxy) is 1. The Balaban J connectivity index is 2.33. The maximum absolute atomic E-state index is 10.9. The van der Waals surface area contributed by atoms with Gasteiger partial charge in [-0.25, -0.2) is 0 Å². The summed E-state index contributed by atoms with van der Waals surface area (Å²) in [6.07, 6.45) is 2.88. The second kappa shape index (κ2) is 10.0. The molecule has 114 valence electrons. The van der Waals surface area contributed by atoms with E-state index in [1.807, 2.05) is 12.1 Å². The van der Waals surface area contributed by atoms with Crippen LogP contribution in [0.3, 0.4) is 0 Å². The van der Waals surface area contributed by atoms with Crippen LogP contribution in [0, 0.1) is 11.8 Å². The summed E-state index contributed by atoms with van der Waals surface area (Å²) in [7, 11) is 0. The van der Waals surface area contributed by atoms with E-state index in [9.17, 15) is 4.79 Å². The van der Waals surface area contributed by atoms with Crippen LogP contribution in [0.15, 0.2) is 24.3 Å². The minimum absolute atomic E-state index is 0.283. The second-order valence-electron chi connectivity index (χ2n) is 4.91. The molecular weight excluding hydrogens is 262 g/mol. The van der Waals surface area contributed by atoms with Crippen LogP contribution in [0.2, 0.25) is 0 Å². The Bertz CT molecular complexity index is 495. The molecule has 0 saturated heterocycles. The number of carbonyl (C=O) groups is 1. The molecule has 0 fully saturated rings. The summed E-state index contributed by atoms with van der Waals surface area (Å²) >= 11 is 0. The molecule has 1 aromatic rings. The summed E-state index contributed by atoms with van der Waals surface area (Å²) in [5.74, 6) is 6.78. The van der Waals surface area contributed by atoms with Crippen molar-refractivity contribution in [1.82, 2.24) is 4.90 Å². The standard InChI is InChI=1S/C18H25NO2/c1-4-19(5-2)14-9-7-6-8-11-17-12-10-13-18(15-17)21-16(3)20/h10,12-13,15H,4-6,8,11,14H2,1-3H3. The predicted octanol–water partition coefficient (Wildman–Crippen LogP) is 3.28. The third-order valence-electron chi connectivity index (χ3n) is 3.25. The van der Waals surface area contributed by atoms with Crippen molar-refractivity contribution in [2.24, 2.45) is 0 Å². The van der Waals surface area contributed by atoms with Gasteiger partial charge in [0, 0.05) is 13.3 Å². The number of nitrogens with zero attached hydrogens (tertiary/aromatic N) is 1. The highest BCUT2D eigenvalue weighted by Crippen LogP contribution is 2.15. The molecule has 0 aliphatic heterocycles. The Morgan fingerprint density at radius 3 is 2.67 bits per heavy atom. The molecule has 0 unspecified atom stereocenters. The molecule has 1 aromatic carbocycles. The molecule has 3 heteroatoms. The lowest BCUT2D eigenvalue weighted by atomic mass is 10.1. The molecule has 0 spiro atoms. The zero-order valence-corrected chi connectivity index (χ0v) is 13.3. The van der Waals surface area contributed by atoms with Crippen LogP contribution >= 0.6 is 0 Å². The molecule has 0 atom stereocenters. The van der Waals surface area contributed by atoms with Gasteiger partial charge in [0.2, 0.25) is 0 Å². The van der Waals surface area contributed by atoms with Crippen molar-refractivity contribution in [3.05, 3.63) is 29.8 Å². The summed E-state index contributed by atoms with van der Waals surface area (Å²) < 4.78 is 5.08. The fourth-order valence-electron chi connectivity index (χ4n) is 2.01. The Kier molecular flexibility index (Phi) is 8.23. The monoisotopic (exact) mass is 287 g/mol. The van der Waals surface area contributed by atoms with Crippen LogP contribution < -0.4 is 4.74 Å². The molecular formula is C18H25NO2. The Labute approximate surface area is 128 Å². The van der Waals surface area contributed by atoms with Gasteiger partial charge in [-0.3, -0.25) is 9.69 Å². The number of hydrogen-bond acceptors (Lipinski definition) is 3. The lowest BCUT2D eigenvalue weighted by molar-refractivity contribution is -0.131. The zero-order valence-electron chi connectivity index (χ0n) is 13.3. The van der Waals surface area contributed by atoms with Gasteiger partial charge in [0.15, 0.2) is 0 Å². The summed E-state index contributed by atoms with van der Waals surface area (Å²) in [6, 6.07) is 7.69. The zero-order chi connectivity index (χ0) is 15.5. The average molecular weight is 287 g/mol. The molecule has 1 rings (SSSR count). The Hall–Kier alpha value is -1.79. The lowest BCUT2D eigenvalue weighted by Gasteiger charge is -2.13. The van der Waals surface area contributed by atoms with Crippen molar-refractivity contribution in [2.75, 3.05) is 19.6 Å². The first-order valence-electron chi connectivity index (χ1n) is 7.61. The van der Waals surface area contributed by atoms with Crippen LogP contribution in [-0.2, 0) is 11.2 Å². The summed E-state index contributed by atoms with van der Waals surface area (Å²) in [5.41, 5.74) is 1.18. The average Bonchev–Trinajstić information content (AvgIpc) is 2.46. The number of unbranched alkanes of at least 4 members (excludes halogenated alkanes) is 1. The predicted molar refractivity (Wildman–Crippen MR) is 86.3 cm³/mol. The fraction of sp³-hybridized carbons (Fsp3) is 0.500. The normalized spacial score (nSPS) is 10.1. The van der Waals surface area contributed by atoms with Gasteiger partial charge in [0.05, 0.1) is 6.54 Å². The number of esters is 1. The van der Waals surface area contributed by atoms with E-state index in [4.69, 9.17) is 4.74 Å². The van der Waals surface area contributed by atoms with E-state index in [0.29, 0.717) is 5.75 Å². The van der Waals surface area contributed by atoms with Crippen LogP contribution in [-0.4, -0.2) is 30.5 Å². The third-order valence-corrected chi connectivity index (χ3v) is 3.25. The van der Waals surface area contributed by atoms with E-state index in [-0.39, 0.29) is 5.97 Å². The highest BCUT2D eigenvalue weighted by molar-refractivity contribution is 5.69. The first kappa shape index (κ1) is 17.3. The second-order valence-corrected chi connectivity index (χ2v) is 4.91. The quantitative estimate of drug-likeness (QED) is 0.333. The van der Waals surface area contributed by atoms with Gasteiger partial charge < -0.3 is 4.74 Å². The minimum Gasteiger partial charge on any atom is -0.427 e. The molecule has 0 saturated carbocycles. The highest BCUT2D eigenvalue weighted by Gasteiger charge is 1.99. The number of aryl methyl sites for hydroxylation is 1. The lowest BCUT2D eigenvalue weighted by Crippen LogP contribution is -2.22. The van der Waals surface area contributed by atoms with E-state index in [1.165, 1.54) is 12.5 Å². The van der Waals surface area contributed by atoms with Gasteiger partial charge in [0.1, 0.15) is 5.75 Å². The van der Waals surface area contributed by atoms with Crippen molar-refractivity contribution in [2.45, 2.75) is 40.0 Å². The number of carbonyl (C=O) groups excluding carboxylic acids is 1. The van der Waals surface area contributed by atoms with Crippen LogP contribution in [0.5, 0.6) is 5.75 Å². The molecule has 0 bridgehead atoms. The van der Waals surface area contributed by atoms with E-state index < -0.39 is 0 Å². The SMILES string of the molecule is CCN(CC)CC#CCCCc1cccc(OC(C)=O)c1. The van der Waals surface area contributed by atoms with Crippen molar-refractivity contribution in [3.63, 3.8) is 0 Å². The van der Waals surface area contributed by atoms with E-state index in [2.05, 4.69) is 36.7 Å². The molecule has 0 heterocycles. The maximum Gasteiger partial charge on any atom is 0.308 e. The van der Waals surface area contributed by atoms with Gasteiger partial charge in [-0.05, 0) is 43.6 Å². The summed E-state index contributed by atoms with van der Waals surface area (Å²) in [6.45, 7) is 8.68. The number of rotatable bonds is 7. The number of hydrogen-bond donors (Lipinski definition) is 0. The topological polar surface area (TPSA) is 29.5 Å². The fourth-order valence-corrected chi connectivity index (χ4v) is 2.01. The molecule has 0 aromatic heterocycles. The van der Waals surface area contributed by atoms with Gasteiger partial charge >= 0.3 is 5.97 Å². The van der Waals surface area contributed by atoms with Crippen molar-refractivity contribution < 1.29 is 9.53 Å². The van der Waals surface area contributed by atoms with Crippen molar-refractivity contribution >= 4 is 5.97 Å². The van der Waals surface area contributed by atoms with Crippen LogP contribution in [0.4, 0.5) is 0 Å². The molecule has 0 radical (unpaired) electrons. The van der Waals surface area contributed by atoms with E-state index >= 15 is 0 Å². The molecule has 21 heavy (non-hydrogen) atoms. The van der Waals surface area contributed by atoms with Crippen LogP contribution in [0.1, 0.15) is 39.2 Å². The van der Waals surface area contributed by atoms with Gasteiger partial charge in [-0.1, -0.05) is 31.9 Å². The van der Waals surface area contributed by atoms with E-state index in [0.717, 1.165) is 38.9 Å². The van der Waals surface area contributed by atoms with Crippen molar-refractivity contribution in [3.8, 4) is 17.6 Å². The summed E-state index contributed by atoms with van der Waals surface area (Å²) in [4.78, 5) is 13.2. The Morgan fingerprint density at radius 2 is 2.00 bits per heavy atom. The smallest absolute Gasteiger partial charge is 0.308 e. The Morgan fingerprint density at radius 1 is 1.24 bits per heavy atom. The van der Waals surface area contributed by atoms with Gasteiger partial charge in [-0.15, -0.1) is 5.92 Å². The molecule has 0 aliphatic carbocycles. The van der Waals surface area contributed by atoms with Gasteiger partial charge in [-0.2, -0.15) is 0 Å².